The highest BCUT2D eigenvalue weighted by molar-refractivity contribution is 5.83. The number of piperidine rings is 1. The van der Waals surface area contributed by atoms with Crippen LogP contribution in [0, 0.1) is 5.92 Å². The molecule has 2 amide bonds. The molecule has 0 radical (unpaired) electrons. The number of methoxy groups -OCH3 is 1. The van der Waals surface area contributed by atoms with Gasteiger partial charge >= 0.3 is 0 Å². The van der Waals surface area contributed by atoms with Crippen LogP contribution >= 0.6 is 0 Å². The van der Waals surface area contributed by atoms with Crippen molar-refractivity contribution in [2.45, 2.75) is 32.4 Å². The van der Waals surface area contributed by atoms with E-state index in [1.54, 1.807) is 12.0 Å². The molecule has 1 heterocycles. The van der Waals surface area contributed by atoms with Crippen molar-refractivity contribution in [3.05, 3.63) is 29.8 Å². The van der Waals surface area contributed by atoms with Crippen LogP contribution in [0.1, 0.15) is 25.3 Å². The largest absolute Gasteiger partial charge is 0.497 e. The number of benzene rings is 1. The summed E-state index contributed by atoms with van der Waals surface area (Å²) in [5, 5.41) is 0. The number of hydrogen-bond donors (Lipinski definition) is 1. The number of primary amides is 1. The molecule has 1 aromatic carbocycles. The second-order valence-electron chi connectivity index (χ2n) is 6.47. The van der Waals surface area contributed by atoms with Crippen LogP contribution in [-0.4, -0.2) is 54.9 Å². The fraction of sp³-hybridized carbons (Fsp3) is 0.556. The van der Waals surface area contributed by atoms with Crippen molar-refractivity contribution < 1.29 is 14.3 Å². The van der Waals surface area contributed by atoms with Crippen molar-refractivity contribution in [2.24, 2.45) is 11.7 Å². The van der Waals surface area contributed by atoms with Gasteiger partial charge in [-0.15, -0.1) is 0 Å². The Kier molecular flexibility index (Phi) is 6.20. The van der Waals surface area contributed by atoms with Crippen LogP contribution in [0.3, 0.4) is 0 Å². The van der Waals surface area contributed by atoms with E-state index in [2.05, 4.69) is 0 Å². The third-order valence-electron chi connectivity index (χ3n) is 4.72. The second-order valence-corrected chi connectivity index (χ2v) is 6.47. The third kappa shape index (κ3) is 4.47. The molecule has 0 aromatic heterocycles. The summed E-state index contributed by atoms with van der Waals surface area (Å²) in [6.07, 6.45) is 1.60. The predicted octanol–water partition coefficient (Wildman–Crippen LogP) is 1.24. The van der Waals surface area contributed by atoms with Crippen LogP contribution in [0.5, 0.6) is 5.75 Å². The molecule has 1 aliphatic rings. The maximum Gasteiger partial charge on any atom is 0.239 e. The van der Waals surface area contributed by atoms with E-state index in [0.717, 1.165) is 24.2 Å². The van der Waals surface area contributed by atoms with Crippen molar-refractivity contribution in [1.82, 2.24) is 9.80 Å². The molecule has 2 N–H and O–H groups in total. The molecule has 24 heavy (non-hydrogen) atoms. The van der Waals surface area contributed by atoms with E-state index in [-0.39, 0.29) is 23.8 Å². The number of carbonyl (C=O) groups excluding carboxylic acids is 2. The maximum absolute atomic E-state index is 12.7. The van der Waals surface area contributed by atoms with Gasteiger partial charge in [-0.25, -0.2) is 0 Å². The Balaban J connectivity index is 1.97. The van der Waals surface area contributed by atoms with Crippen molar-refractivity contribution >= 4 is 11.8 Å². The van der Waals surface area contributed by atoms with Gasteiger partial charge in [-0.3, -0.25) is 14.5 Å². The Morgan fingerprint density at radius 3 is 2.88 bits per heavy atom. The smallest absolute Gasteiger partial charge is 0.239 e. The van der Waals surface area contributed by atoms with E-state index in [1.807, 2.05) is 43.1 Å². The fourth-order valence-corrected chi connectivity index (χ4v) is 3.06. The first kappa shape index (κ1) is 18.3. The summed E-state index contributed by atoms with van der Waals surface area (Å²) >= 11 is 0. The van der Waals surface area contributed by atoms with E-state index in [1.165, 1.54) is 0 Å². The Bertz CT molecular complexity index is 591. The maximum atomic E-state index is 12.7. The van der Waals surface area contributed by atoms with Gasteiger partial charge in [0.25, 0.3) is 0 Å². The van der Waals surface area contributed by atoms with Crippen molar-refractivity contribution in [2.75, 3.05) is 27.2 Å². The molecule has 1 aliphatic heterocycles. The highest BCUT2D eigenvalue weighted by atomic mass is 16.5. The first-order valence-corrected chi connectivity index (χ1v) is 8.33. The number of likely N-dealkylation sites (tertiary alicyclic amines) is 1. The number of hydrogen-bond acceptors (Lipinski definition) is 4. The second kappa shape index (κ2) is 8.15. The molecule has 6 heteroatoms. The molecule has 0 unspecified atom stereocenters. The predicted molar refractivity (Wildman–Crippen MR) is 92.4 cm³/mol. The van der Waals surface area contributed by atoms with Crippen LogP contribution in [-0.2, 0) is 16.1 Å². The summed E-state index contributed by atoms with van der Waals surface area (Å²) in [6, 6.07) is 7.56. The molecule has 2 atom stereocenters. The average molecular weight is 333 g/mol. The minimum atomic E-state index is -0.315. The minimum Gasteiger partial charge on any atom is -0.497 e. The van der Waals surface area contributed by atoms with Crippen molar-refractivity contribution in [1.29, 1.82) is 0 Å². The lowest BCUT2D eigenvalue weighted by Crippen LogP contribution is -2.50. The van der Waals surface area contributed by atoms with Crippen LogP contribution in [0.4, 0.5) is 0 Å². The Morgan fingerprint density at radius 1 is 1.46 bits per heavy atom. The lowest BCUT2D eigenvalue weighted by Gasteiger charge is -2.35. The zero-order valence-electron chi connectivity index (χ0n) is 14.7. The average Bonchev–Trinajstić information content (AvgIpc) is 2.60. The summed E-state index contributed by atoms with van der Waals surface area (Å²) in [7, 11) is 3.57. The van der Waals surface area contributed by atoms with Gasteiger partial charge in [0, 0.05) is 19.6 Å². The topological polar surface area (TPSA) is 75.9 Å². The number of amides is 2. The number of nitrogens with two attached hydrogens (primary N) is 1. The molecule has 1 fully saturated rings. The summed E-state index contributed by atoms with van der Waals surface area (Å²) < 4.78 is 5.24. The van der Waals surface area contributed by atoms with Gasteiger partial charge in [0.05, 0.1) is 19.1 Å². The zero-order valence-corrected chi connectivity index (χ0v) is 14.7. The van der Waals surface area contributed by atoms with Gasteiger partial charge in [0.1, 0.15) is 5.75 Å². The molecule has 6 nitrogen and oxygen atoms in total. The van der Waals surface area contributed by atoms with Crippen LogP contribution in [0.15, 0.2) is 24.3 Å². The normalized spacial score (nSPS) is 19.2. The van der Waals surface area contributed by atoms with Crippen LogP contribution < -0.4 is 10.5 Å². The number of rotatable bonds is 6. The fourth-order valence-electron chi connectivity index (χ4n) is 3.06. The quantitative estimate of drug-likeness (QED) is 0.850. The van der Waals surface area contributed by atoms with E-state index in [9.17, 15) is 9.59 Å². The Hall–Kier alpha value is -2.08. The van der Waals surface area contributed by atoms with Crippen molar-refractivity contribution in [3.8, 4) is 5.75 Å². The molecule has 0 bridgehead atoms. The summed E-state index contributed by atoms with van der Waals surface area (Å²) in [5.74, 6) is 0.315. The first-order chi connectivity index (χ1) is 11.4. The first-order valence-electron chi connectivity index (χ1n) is 8.33. The summed E-state index contributed by atoms with van der Waals surface area (Å²) in [4.78, 5) is 27.9. The molecule has 0 spiro atoms. The number of likely N-dealkylation sites (N-methyl/N-ethyl adjacent to an activating group) is 1. The summed E-state index contributed by atoms with van der Waals surface area (Å²) in [6.45, 7) is 3.68. The Morgan fingerprint density at radius 2 is 2.21 bits per heavy atom. The number of ether oxygens (including phenoxy) is 1. The van der Waals surface area contributed by atoms with E-state index >= 15 is 0 Å². The monoisotopic (exact) mass is 333 g/mol. The molecule has 0 saturated carbocycles. The van der Waals surface area contributed by atoms with Gasteiger partial charge in [0.2, 0.25) is 11.8 Å². The molecule has 1 aromatic rings. The lowest BCUT2D eigenvalue weighted by molar-refractivity contribution is -0.139. The Labute approximate surface area is 143 Å². The van der Waals surface area contributed by atoms with E-state index < -0.39 is 0 Å². The van der Waals surface area contributed by atoms with Crippen molar-refractivity contribution in [3.63, 3.8) is 0 Å². The molecule has 0 aliphatic carbocycles. The molecular weight excluding hydrogens is 306 g/mol. The third-order valence-corrected chi connectivity index (χ3v) is 4.72. The summed E-state index contributed by atoms with van der Waals surface area (Å²) in [5.41, 5.74) is 6.48. The molecule has 132 valence electrons. The van der Waals surface area contributed by atoms with Gasteiger partial charge in [-0.05, 0) is 44.5 Å². The minimum absolute atomic E-state index is 0.0475. The van der Waals surface area contributed by atoms with Crippen LogP contribution in [0.2, 0.25) is 0 Å². The molecular formula is C18H27N3O3. The van der Waals surface area contributed by atoms with Crippen LogP contribution in [0.25, 0.3) is 0 Å². The lowest BCUT2D eigenvalue weighted by atomic mass is 9.97. The zero-order chi connectivity index (χ0) is 17.7. The highest BCUT2D eigenvalue weighted by Gasteiger charge is 2.30. The number of nitrogens with zero attached hydrogens (tertiary/aromatic N) is 2. The highest BCUT2D eigenvalue weighted by Crippen LogP contribution is 2.19. The standard InChI is InChI=1S/C18H27N3O3/c1-13(18(23)21-9-5-7-15(12-21)17(19)22)20(2)11-14-6-4-8-16(10-14)24-3/h4,6,8,10,13,15H,5,7,9,11-12H2,1-3H3,(H2,19,22)/t13-,15-/m0/s1. The van der Waals surface area contributed by atoms with E-state index in [4.69, 9.17) is 10.5 Å². The van der Waals surface area contributed by atoms with Gasteiger partial charge < -0.3 is 15.4 Å². The SMILES string of the molecule is COc1cccc(CN(C)[C@@H](C)C(=O)N2CCC[C@H](C(N)=O)C2)c1. The van der Waals surface area contributed by atoms with E-state index in [0.29, 0.717) is 19.6 Å². The van der Waals surface area contributed by atoms with Gasteiger partial charge in [-0.1, -0.05) is 12.1 Å². The molecule has 2 rings (SSSR count). The van der Waals surface area contributed by atoms with Gasteiger partial charge in [-0.2, -0.15) is 0 Å². The van der Waals surface area contributed by atoms with Gasteiger partial charge in [0.15, 0.2) is 0 Å². The molecule has 1 saturated heterocycles. The number of carbonyl (C=O) groups is 2.